The number of amides is 2. The number of halogens is 1. The average Bonchev–Trinajstić information content (AvgIpc) is 2.66. The maximum absolute atomic E-state index is 12.8. The van der Waals surface area contributed by atoms with Crippen LogP contribution in [0.1, 0.15) is 42.1 Å². The zero-order valence-corrected chi connectivity index (χ0v) is 17.7. The van der Waals surface area contributed by atoms with Crippen LogP contribution >= 0.6 is 15.9 Å². The van der Waals surface area contributed by atoms with Gasteiger partial charge in [-0.2, -0.15) is 0 Å². The third-order valence-electron chi connectivity index (χ3n) is 5.07. The van der Waals surface area contributed by atoms with E-state index in [1.807, 2.05) is 17.9 Å². The second-order valence-corrected chi connectivity index (χ2v) is 8.15. The van der Waals surface area contributed by atoms with Gasteiger partial charge in [0.05, 0.1) is 0 Å². The molecule has 2 aromatic rings. The maximum Gasteiger partial charge on any atom is 0.254 e. The van der Waals surface area contributed by atoms with Crippen molar-refractivity contribution in [3.63, 3.8) is 0 Å². The summed E-state index contributed by atoms with van der Waals surface area (Å²) in [5, 5.41) is 2.82. The largest absolute Gasteiger partial charge is 0.336 e. The number of piperidine rings is 1. The van der Waals surface area contributed by atoms with Crippen molar-refractivity contribution in [3.8, 4) is 0 Å². The highest BCUT2D eigenvalue weighted by Crippen LogP contribution is 2.22. The van der Waals surface area contributed by atoms with Crippen LogP contribution in [0.15, 0.2) is 45.8 Å². The van der Waals surface area contributed by atoms with E-state index in [1.165, 1.54) is 10.6 Å². The lowest BCUT2D eigenvalue weighted by molar-refractivity contribution is -0.116. The minimum Gasteiger partial charge on any atom is -0.336 e. The van der Waals surface area contributed by atoms with Gasteiger partial charge in [-0.25, -0.2) is 0 Å². The number of hydrogen-bond acceptors (Lipinski definition) is 3. The minimum atomic E-state index is -0.299. The summed E-state index contributed by atoms with van der Waals surface area (Å²) in [5.41, 5.74) is 1.83. The molecule has 28 heavy (non-hydrogen) atoms. The highest BCUT2D eigenvalue weighted by atomic mass is 79.9. The molecule has 2 heterocycles. The molecule has 0 spiro atoms. The number of likely N-dealkylation sites (tertiary alicyclic amines) is 1. The SMILES string of the molecule is Cc1cc(C(=O)N2CCCCC2C)ccc1NC(=O)Cn1cc(Br)ccc1=O. The van der Waals surface area contributed by atoms with E-state index in [9.17, 15) is 14.4 Å². The second-order valence-electron chi connectivity index (χ2n) is 7.23. The van der Waals surface area contributed by atoms with E-state index in [1.54, 1.807) is 24.4 Å². The zero-order valence-electron chi connectivity index (χ0n) is 16.1. The van der Waals surface area contributed by atoms with Gasteiger partial charge in [-0.05, 0) is 78.9 Å². The first-order valence-electron chi connectivity index (χ1n) is 9.42. The van der Waals surface area contributed by atoms with Crippen LogP contribution in [-0.4, -0.2) is 33.9 Å². The van der Waals surface area contributed by atoms with Gasteiger partial charge in [0.25, 0.3) is 11.5 Å². The first-order chi connectivity index (χ1) is 13.3. The quantitative estimate of drug-likeness (QED) is 0.781. The van der Waals surface area contributed by atoms with Crippen molar-refractivity contribution < 1.29 is 9.59 Å². The first-order valence-corrected chi connectivity index (χ1v) is 10.2. The topological polar surface area (TPSA) is 71.4 Å². The van der Waals surface area contributed by atoms with Gasteiger partial charge in [0, 0.05) is 40.6 Å². The van der Waals surface area contributed by atoms with E-state index in [0.717, 1.165) is 35.8 Å². The predicted molar refractivity (Wildman–Crippen MR) is 113 cm³/mol. The van der Waals surface area contributed by atoms with E-state index >= 15 is 0 Å². The molecule has 1 fully saturated rings. The number of pyridine rings is 1. The summed E-state index contributed by atoms with van der Waals surface area (Å²) < 4.78 is 2.07. The number of carbonyl (C=O) groups is 2. The van der Waals surface area contributed by atoms with Gasteiger partial charge in [-0.15, -0.1) is 0 Å². The molecular formula is C21H24BrN3O3. The Balaban J connectivity index is 1.70. The number of hydrogen-bond donors (Lipinski definition) is 1. The Labute approximate surface area is 172 Å². The van der Waals surface area contributed by atoms with Gasteiger partial charge in [0.15, 0.2) is 0 Å². The molecule has 0 saturated carbocycles. The van der Waals surface area contributed by atoms with E-state index in [4.69, 9.17) is 0 Å². The lowest BCUT2D eigenvalue weighted by Gasteiger charge is -2.33. The number of carbonyl (C=O) groups excluding carboxylic acids is 2. The smallest absolute Gasteiger partial charge is 0.254 e. The molecule has 1 aliphatic heterocycles. The predicted octanol–water partition coefficient (Wildman–Crippen LogP) is 3.57. The normalized spacial score (nSPS) is 16.7. The fourth-order valence-electron chi connectivity index (χ4n) is 3.47. The van der Waals surface area contributed by atoms with E-state index < -0.39 is 0 Å². The highest BCUT2D eigenvalue weighted by molar-refractivity contribution is 9.10. The Morgan fingerprint density at radius 2 is 2.00 bits per heavy atom. The second kappa shape index (κ2) is 8.73. The van der Waals surface area contributed by atoms with E-state index in [2.05, 4.69) is 28.2 Å². The van der Waals surface area contributed by atoms with Crippen LogP contribution in [0.25, 0.3) is 0 Å². The van der Waals surface area contributed by atoms with Crippen LogP contribution < -0.4 is 10.9 Å². The molecule has 148 valence electrons. The van der Waals surface area contributed by atoms with Gasteiger partial charge in [0.2, 0.25) is 5.91 Å². The van der Waals surface area contributed by atoms with Gasteiger partial charge in [-0.1, -0.05) is 0 Å². The van der Waals surface area contributed by atoms with Crippen LogP contribution in [0.2, 0.25) is 0 Å². The molecule has 1 aromatic carbocycles. The lowest BCUT2D eigenvalue weighted by Crippen LogP contribution is -2.42. The number of benzene rings is 1. The zero-order chi connectivity index (χ0) is 20.3. The Morgan fingerprint density at radius 1 is 1.21 bits per heavy atom. The molecule has 2 amide bonds. The standard InChI is InChI=1S/C21H24BrN3O3/c1-14-11-16(21(28)25-10-4-3-5-15(25)2)6-8-18(14)23-19(26)13-24-12-17(22)7-9-20(24)27/h6-9,11-12,15H,3-5,10,13H2,1-2H3,(H,23,26). The molecule has 0 bridgehead atoms. The average molecular weight is 446 g/mol. The Morgan fingerprint density at radius 3 is 2.71 bits per heavy atom. The summed E-state index contributed by atoms with van der Waals surface area (Å²) >= 11 is 3.30. The fraction of sp³-hybridized carbons (Fsp3) is 0.381. The molecular weight excluding hydrogens is 422 g/mol. The molecule has 6 nitrogen and oxygen atoms in total. The van der Waals surface area contributed by atoms with Crippen molar-refractivity contribution in [1.82, 2.24) is 9.47 Å². The summed E-state index contributed by atoms with van der Waals surface area (Å²) in [6.07, 6.45) is 4.82. The van der Waals surface area contributed by atoms with Gasteiger partial charge in [0.1, 0.15) is 6.54 Å². The van der Waals surface area contributed by atoms with Gasteiger partial charge in [-0.3, -0.25) is 14.4 Å². The number of aryl methyl sites for hydroxylation is 1. The van der Waals surface area contributed by atoms with Crippen molar-refractivity contribution in [2.75, 3.05) is 11.9 Å². The van der Waals surface area contributed by atoms with Crippen LogP contribution in [-0.2, 0) is 11.3 Å². The highest BCUT2D eigenvalue weighted by Gasteiger charge is 2.24. The van der Waals surface area contributed by atoms with Gasteiger partial charge >= 0.3 is 0 Å². The van der Waals surface area contributed by atoms with Gasteiger partial charge < -0.3 is 14.8 Å². The third-order valence-corrected chi connectivity index (χ3v) is 5.54. The Hall–Kier alpha value is -2.41. The number of anilines is 1. The van der Waals surface area contributed by atoms with Crippen molar-refractivity contribution >= 4 is 33.4 Å². The number of nitrogens with one attached hydrogen (secondary N) is 1. The van der Waals surface area contributed by atoms with Crippen molar-refractivity contribution in [2.24, 2.45) is 0 Å². The molecule has 0 aliphatic carbocycles. The molecule has 7 heteroatoms. The molecule has 1 unspecified atom stereocenters. The maximum atomic E-state index is 12.8. The van der Waals surface area contributed by atoms with Crippen LogP contribution in [0, 0.1) is 6.92 Å². The summed E-state index contributed by atoms with van der Waals surface area (Å²) in [7, 11) is 0. The first kappa shape index (κ1) is 20.3. The Kier molecular flexibility index (Phi) is 6.34. The molecule has 1 atom stereocenters. The van der Waals surface area contributed by atoms with Crippen molar-refractivity contribution in [2.45, 2.75) is 45.7 Å². The van der Waals surface area contributed by atoms with Crippen molar-refractivity contribution in [1.29, 1.82) is 0 Å². The fourth-order valence-corrected chi connectivity index (χ4v) is 3.85. The molecule has 1 aromatic heterocycles. The Bertz CT molecular complexity index is 954. The summed E-state index contributed by atoms with van der Waals surface area (Å²) in [6, 6.07) is 8.61. The molecule has 1 N–H and O–H groups in total. The monoisotopic (exact) mass is 445 g/mol. The van der Waals surface area contributed by atoms with Crippen molar-refractivity contribution in [3.05, 3.63) is 62.5 Å². The molecule has 0 radical (unpaired) electrons. The molecule has 3 rings (SSSR count). The molecule has 1 aliphatic rings. The molecule has 1 saturated heterocycles. The lowest BCUT2D eigenvalue weighted by atomic mass is 10.0. The summed E-state index contributed by atoms with van der Waals surface area (Å²) in [6.45, 7) is 4.66. The minimum absolute atomic E-state index is 0.0360. The number of rotatable bonds is 4. The van der Waals surface area contributed by atoms with E-state index in [0.29, 0.717) is 11.3 Å². The van der Waals surface area contributed by atoms with E-state index in [-0.39, 0.29) is 30.0 Å². The van der Waals surface area contributed by atoms with Crippen LogP contribution in [0.3, 0.4) is 0 Å². The number of aromatic nitrogens is 1. The third kappa shape index (κ3) is 4.70. The van der Waals surface area contributed by atoms with Crippen LogP contribution in [0.4, 0.5) is 5.69 Å². The van der Waals surface area contributed by atoms with Crippen LogP contribution in [0.5, 0.6) is 0 Å². The summed E-state index contributed by atoms with van der Waals surface area (Å²) in [4.78, 5) is 38.9. The number of nitrogens with zero attached hydrogens (tertiary/aromatic N) is 2. The summed E-state index contributed by atoms with van der Waals surface area (Å²) in [5.74, 6) is -0.263.